The van der Waals surface area contributed by atoms with Crippen LogP contribution in [-0.2, 0) is 13.1 Å². The Bertz CT molecular complexity index is 1450. The van der Waals surface area contributed by atoms with Crippen LogP contribution in [0, 0.1) is 0 Å². The third-order valence-corrected chi connectivity index (χ3v) is 8.37. The van der Waals surface area contributed by atoms with Crippen LogP contribution < -0.4 is 5.56 Å². The molecule has 0 spiro atoms. The van der Waals surface area contributed by atoms with Gasteiger partial charge in [0.25, 0.3) is 11.5 Å². The molecule has 1 aromatic carbocycles. The Labute approximate surface area is 228 Å². The fourth-order valence-electron chi connectivity index (χ4n) is 6.33. The Morgan fingerprint density at radius 2 is 1.56 bits per heavy atom. The number of fused-ring (bicyclic) bond motifs is 2. The first-order valence-electron chi connectivity index (χ1n) is 14.3. The molecular formula is C30H37N7O2. The molecule has 0 radical (unpaired) electrons. The van der Waals surface area contributed by atoms with Crippen LogP contribution in [0.25, 0.3) is 5.65 Å². The van der Waals surface area contributed by atoms with Crippen molar-refractivity contribution in [3.63, 3.8) is 0 Å². The molecule has 1 atom stereocenters. The Kier molecular flexibility index (Phi) is 7.58. The summed E-state index contributed by atoms with van der Waals surface area (Å²) < 4.78 is 5.60. The molecular weight excluding hydrogens is 490 g/mol. The van der Waals surface area contributed by atoms with E-state index in [1.807, 2.05) is 44.9 Å². The van der Waals surface area contributed by atoms with Gasteiger partial charge in [-0.2, -0.15) is 0 Å². The van der Waals surface area contributed by atoms with Gasteiger partial charge in [0.1, 0.15) is 0 Å². The second kappa shape index (κ2) is 11.6. The van der Waals surface area contributed by atoms with Crippen LogP contribution in [0.15, 0.2) is 72.3 Å². The zero-order chi connectivity index (χ0) is 26.6. The van der Waals surface area contributed by atoms with Gasteiger partial charge in [-0.3, -0.25) is 14.5 Å². The summed E-state index contributed by atoms with van der Waals surface area (Å²) in [7, 11) is 0. The molecule has 3 aliphatic rings. The van der Waals surface area contributed by atoms with Crippen LogP contribution >= 0.6 is 0 Å². The summed E-state index contributed by atoms with van der Waals surface area (Å²) in [4.78, 5) is 37.6. The Morgan fingerprint density at radius 3 is 2.41 bits per heavy atom. The number of carbonyl (C=O) groups excluding carboxylic acids is 1. The van der Waals surface area contributed by atoms with E-state index in [1.165, 1.54) is 37.7 Å². The maximum Gasteiger partial charge on any atom is 0.294 e. The number of hydrogen-bond donors (Lipinski definition) is 0. The van der Waals surface area contributed by atoms with E-state index >= 15 is 0 Å². The van der Waals surface area contributed by atoms with E-state index in [1.54, 1.807) is 16.8 Å². The minimum Gasteiger partial charge on any atom is -0.331 e. The predicted octanol–water partition coefficient (Wildman–Crippen LogP) is 4.00. The van der Waals surface area contributed by atoms with Crippen molar-refractivity contribution in [3.05, 3.63) is 89.3 Å². The average molecular weight is 528 g/mol. The number of piperidine rings is 1. The zero-order valence-electron chi connectivity index (χ0n) is 22.4. The van der Waals surface area contributed by atoms with Crippen molar-refractivity contribution in [2.75, 3.05) is 19.6 Å². The highest BCUT2D eigenvalue weighted by molar-refractivity contribution is 5.91. The van der Waals surface area contributed by atoms with Crippen LogP contribution in [-0.4, -0.2) is 64.9 Å². The van der Waals surface area contributed by atoms with E-state index in [-0.39, 0.29) is 17.5 Å². The minimum atomic E-state index is 0.00376. The molecule has 2 aliphatic heterocycles. The number of aromatic nitrogens is 5. The number of imidazole rings is 2. The van der Waals surface area contributed by atoms with E-state index in [4.69, 9.17) is 0 Å². The first-order valence-corrected chi connectivity index (χ1v) is 14.3. The number of hydrogen-bond acceptors (Lipinski definition) is 5. The van der Waals surface area contributed by atoms with Crippen molar-refractivity contribution < 1.29 is 4.79 Å². The first-order chi connectivity index (χ1) is 19.2. The van der Waals surface area contributed by atoms with Crippen molar-refractivity contribution in [3.8, 4) is 0 Å². The Morgan fingerprint density at radius 1 is 0.769 bits per heavy atom. The summed E-state index contributed by atoms with van der Waals surface area (Å²) in [6, 6.07) is 11.2. The van der Waals surface area contributed by atoms with Gasteiger partial charge in [0.05, 0.1) is 0 Å². The summed E-state index contributed by atoms with van der Waals surface area (Å²) >= 11 is 0. The topological polar surface area (TPSA) is 80.7 Å². The molecule has 204 valence electrons. The van der Waals surface area contributed by atoms with E-state index in [9.17, 15) is 9.59 Å². The predicted molar refractivity (Wildman–Crippen MR) is 150 cm³/mol. The van der Waals surface area contributed by atoms with Crippen molar-refractivity contribution in [2.24, 2.45) is 0 Å². The maximum atomic E-state index is 12.6. The van der Waals surface area contributed by atoms with Gasteiger partial charge in [-0.15, -0.1) is 0 Å². The smallest absolute Gasteiger partial charge is 0.294 e. The summed E-state index contributed by atoms with van der Waals surface area (Å²) in [6.45, 7) is 4.69. The fraction of sp³-hybridized carbons (Fsp3) is 0.467. The van der Waals surface area contributed by atoms with Crippen molar-refractivity contribution in [2.45, 2.75) is 70.1 Å². The molecule has 0 unspecified atom stereocenters. The van der Waals surface area contributed by atoms with Crippen LogP contribution in [0.1, 0.15) is 67.2 Å². The summed E-state index contributed by atoms with van der Waals surface area (Å²) in [5.74, 6) is 0.750. The second-order valence-corrected chi connectivity index (χ2v) is 10.9. The highest BCUT2D eigenvalue weighted by Crippen LogP contribution is 2.25. The van der Waals surface area contributed by atoms with Gasteiger partial charge in [0.2, 0.25) is 5.65 Å². The van der Waals surface area contributed by atoms with E-state index in [2.05, 4.69) is 39.1 Å². The molecule has 1 amide bonds. The number of rotatable bonds is 4. The molecule has 9 heteroatoms. The summed E-state index contributed by atoms with van der Waals surface area (Å²) in [5.41, 5.74) is 1.83. The van der Waals surface area contributed by atoms with Gasteiger partial charge in [-0.05, 0) is 37.8 Å². The highest BCUT2D eigenvalue weighted by atomic mass is 16.2. The molecule has 2 fully saturated rings. The fourth-order valence-corrected chi connectivity index (χ4v) is 6.33. The molecule has 1 saturated heterocycles. The van der Waals surface area contributed by atoms with E-state index < -0.39 is 0 Å². The van der Waals surface area contributed by atoms with Gasteiger partial charge in [0.15, 0.2) is 5.82 Å². The lowest BCUT2D eigenvalue weighted by atomic mass is 9.94. The quantitative estimate of drug-likeness (QED) is 0.401. The normalized spacial score (nSPS) is 20.5. The Hall–Kier alpha value is -3.72. The number of likely N-dealkylation sites (tertiary alicyclic amines) is 1. The molecule has 39 heavy (non-hydrogen) atoms. The van der Waals surface area contributed by atoms with Gasteiger partial charge in [0, 0.05) is 75.4 Å². The second-order valence-electron chi connectivity index (χ2n) is 10.9. The lowest BCUT2D eigenvalue weighted by Crippen LogP contribution is -2.47. The van der Waals surface area contributed by atoms with Crippen LogP contribution in [0.4, 0.5) is 0 Å². The number of benzene rings is 1. The summed E-state index contributed by atoms with van der Waals surface area (Å²) in [6.07, 6.45) is 19.3. The van der Waals surface area contributed by atoms with Gasteiger partial charge < -0.3 is 18.4 Å². The molecule has 5 heterocycles. The lowest BCUT2D eigenvalue weighted by Gasteiger charge is -2.36. The molecule has 0 bridgehead atoms. The Balaban J connectivity index is 0.000000151. The molecule has 0 N–H and O–H groups in total. The third-order valence-electron chi connectivity index (χ3n) is 8.37. The zero-order valence-corrected chi connectivity index (χ0v) is 22.4. The minimum absolute atomic E-state index is 0.00376. The van der Waals surface area contributed by atoms with Crippen molar-refractivity contribution >= 4 is 11.6 Å². The number of nitrogens with zero attached hydrogens (tertiary/aromatic N) is 7. The summed E-state index contributed by atoms with van der Waals surface area (Å²) in [5, 5.41) is 0. The molecule has 7 rings (SSSR count). The van der Waals surface area contributed by atoms with Crippen LogP contribution in [0.2, 0.25) is 0 Å². The number of amides is 1. The lowest BCUT2D eigenvalue weighted by molar-refractivity contribution is 0.0563. The van der Waals surface area contributed by atoms with Crippen LogP contribution in [0.3, 0.4) is 0 Å². The first kappa shape index (κ1) is 25.6. The number of carbonyl (C=O) groups is 1. The third kappa shape index (κ3) is 5.54. The molecule has 4 aromatic rings. The van der Waals surface area contributed by atoms with Crippen LogP contribution in [0.5, 0.6) is 0 Å². The monoisotopic (exact) mass is 527 g/mol. The van der Waals surface area contributed by atoms with E-state index in [0.29, 0.717) is 17.5 Å². The molecule has 1 aliphatic carbocycles. The molecule has 9 nitrogen and oxygen atoms in total. The maximum absolute atomic E-state index is 12.6. The average Bonchev–Trinajstić information content (AvgIpc) is 3.66. The highest BCUT2D eigenvalue weighted by Gasteiger charge is 2.31. The van der Waals surface area contributed by atoms with Crippen molar-refractivity contribution in [1.82, 2.24) is 33.3 Å². The molecule has 1 saturated carbocycles. The standard InChI is InChI=1S/C18H20N4O.C12H17N3O/c23-18-17-19-8-10-21(17)11-12-22(18)16-7-4-9-20(14-16)13-15-5-2-1-3-6-15;16-12-11-13-6-7-14(11)8-9-15(12)10-4-2-1-3-5-10/h1-3,5-6,8,10-12,16H,4,7,9,13-14H2;6-7,10H,1-5,8-9H2/t16-;/m1./s1. The van der Waals surface area contributed by atoms with Crippen molar-refractivity contribution in [1.29, 1.82) is 0 Å². The molecule has 3 aromatic heterocycles. The SMILES string of the molecule is O=C1c2nccn2CCN1C1CCCCC1.O=c1c2nccn2ccn1[C@@H]1CCCN(Cc2ccccc2)C1. The largest absolute Gasteiger partial charge is 0.331 e. The van der Waals surface area contributed by atoms with E-state index in [0.717, 1.165) is 45.6 Å². The van der Waals surface area contributed by atoms with Gasteiger partial charge in [-0.25, -0.2) is 9.97 Å². The van der Waals surface area contributed by atoms with Gasteiger partial charge >= 0.3 is 0 Å². The van der Waals surface area contributed by atoms with Gasteiger partial charge in [-0.1, -0.05) is 49.6 Å².